The zero-order valence-electron chi connectivity index (χ0n) is 16.1. The summed E-state index contributed by atoms with van der Waals surface area (Å²) in [6, 6.07) is 17.4. The lowest BCUT2D eigenvalue weighted by Gasteiger charge is -2.09. The fourth-order valence-corrected chi connectivity index (χ4v) is 2.57. The summed E-state index contributed by atoms with van der Waals surface area (Å²) in [6.45, 7) is 2.06. The highest BCUT2D eigenvalue weighted by Gasteiger charge is 2.10. The van der Waals surface area contributed by atoms with Gasteiger partial charge in [0.25, 0.3) is 5.91 Å². The van der Waals surface area contributed by atoms with E-state index in [9.17, 15) is 9.59 Å². The van der Waals surface area contributed by atoms with Crippen LogP contribution in [0.2, 0.25) is 0 Å². The zero-order valence-corrected chi connectivity index (χ0v) is 16.1. The van der Waals surface area contributed by atoms with E-state index >= 15 is 0 Å². The molecule has 0 saturated carbocycles. The third-order valence-electron chi connectivity index (χ3n) is 4.03. The van der Waals surface area contributed by atoms with E-state index in [1.54, 1.807) is 56.6 Å². The van der Waals surface area contributed by atoms with Gasteiger partial charge < -0.3 is 20.1 Å². The number of anilines is 3. The molecule has 0 aliphatic rings. The van der Waals surface area contributed by atoms with Crippen molar-refractivity contribution in [3.63, 3.8) is 0 Å². The Bertz CT molecular complexity index is 986. The first-order chi connectivity index (χ1) is 14.1. The molecule has 29 heavy (non-hydrogen) atoms. The van der Waals surface area contributed by atoms with Crippen LogP contribution in [0, 0.1) is 0 Å². The van der Waals surface area contributed by atoms with Crippen molar-refractivity contribution >= 4 is 28.9 Å². The van der Waals surface area contributed by atoms with Gasteiger partial charge in [0.15, 0.2) is 0 Å². The van der Waals surface area contributed by atoms with Crippen LogP contribution >= 0.6 is 0 Å². The molecular weight excluding hydrogens is 370 g/mol. The van der Waals surface area contributed by atoms with Gasteiger partial charge in [-0.05, 0) is 67.6 Å². The first-order valence-corrected chi connectivity index (χ1v) is 9.04. The Morgan fingerprint density at radius 3 is 2.28 bits per heavy atom. The first kappa shape index (κ1) is 19.9. The number of rotatable bonds is 7. The summed E-state index contributed by atoms with van der Waals surface area (Å²) < 4.78 is 10.1. The Balaban J connectivity index is 1.66. The van der Waals surface area contributed by atoms with Gasteiger partial charge in [0.1, 0.15) is 11.4 Å². The van der Waals surface area contributed by atoms with E-state index < -0.39 is 5.97 Å². The Morgan fingerprint density at radius 2 is 1.62 bits per heavy atom. The predicted octanol–water partition coefficient (Wildman–Crippen LogP) is 4.26. The average Bonchev–Trinajstić information content (AvgIpc) is 2.75. The standard InChI is InChI=1S/C22H21N3O4/c1-3-29-22(27)15-4-6-17(7-5-15)25-21(26)20-14-18(12-13-23-20)24-16-8-10-19(28-2)11-9-16/h4-14H,3H2,1-2H3,(H,23,24)(H,25,26). The molecule has 1 amide bonds. The molecule has 0 saturated heterocycles. The van der Waals surface area contributed by atoms with Crippen LogP contribution < -0.4 is 15.4 Å². The molecule has 1 aromatic heterocycles. The molecular formula is C22H21N3O4. The topological polar surface area (TPSA) is 89.5 Å². The third kappa shape index (κ3) is 5.32. The largest absolute Gasteiger partial charge is 0.497 e. The highest BCUT2D eigenvalue weighted by Crippen LogP contribution is 2.20. The first-order valence-electron chi connectivity index (χ1n) is 9.04. The Hall–Kier alpha value is -3.87. The maximum atomic E-state index is 12.5. The number of carbonyl (C=O) groups is 2. The number of hydrogen-bond acceptors (Lipinski definition) is 6. The number of benzene rings is 2. The van der Waals surface area contributed by atoms with Gasteiger partial charge in [-0.3, -0.25) is 9.78 Å². The summed E-state index contributed by atoms with van der Waals surface area (Å²) in [6.07, 6.45) is 1.56. The van der Waals surface area contributed by atoms with Crippen molar-refractivity contribution in [1.82, 2.24) is 4.98 Å². The van der Waals surface area contributed by atoms with E-state index in [1.807, 2.05) is 24.3 Å². The molecule has 148 valence electrons. The van der Waals surface area contributed by atoms with E-state index in [0.29, 0.717) is 17.9 Å². The molecule has 0 unspecified atom stereocenters. The molecule has 2 N–H and O–H groups in total. The van der Waals surface area contributed by atoms with Gasteiger partial charge in [-0.2, -0.15) is 0 Å². The lowest BCUT2D eigenvalue weighted by Crippen LogP contribution is -2.14. The van der Waals surface area contributed by atoms with Crippen LogP contribution in [-0.2, 0) is 4.74 Å². The van der Waals surface area contributed by atoms with Crippen molar-refractivity contribution in [3.05, 3.63) is 78.1 Å². The maximum absolute atomic E-state index is 12.5. The van der Waals surface area contributed by atoms with Crippen molar-refractivity contribution in [1.29, 1.82) is 0 Å². The van der Waals surface area contributed by atoms with E-state index in [4.69, 9.17) is 9.47 Å². The number of methoxy groups -OCH3 is 1. The SMILES string of the molecule is CCOC(=O)c1ccc(NC(=O)c2cc(Nc3ccc(OC)cc3)ccn2)cc1. The van der Waals surface area contributed by atoms with Crippen LogP contribution in [0.5, 0.6) is 5.75 Å². The molecule has 0 aliphatic heterocycles. The molecule has 0 fully saturated rings. The van der Waals surface area contributed by atoms with Crippen LogP contribution in [-0.4, -0.2) is 30.6 Å². The zero-order chi connectivity index (χ0) is 20.6. The normalized spacial score (nSPS) is 10.1. The van der Waals surface area contributed by atoms with Crippen molar-refractivity contribution in [2.24, 2.45) is 0 Å². The number of nitrogens with one attached hydrogen (secondary N) is 2. The average molecular weight is 391 g/mol. The Labute approximate surface area is 168 Å². The molecule has 2 aromatic carbocycles. The van der Waals surface area contributed by atoms with Crippen LogP contribution in [0.1, 0.15) is 27.8 Å². The molecule has 1 heterocycles. The second-order valence-electron chi connectivity index (χ2n) is 6.04. The summed E-state index contributed by atoms with van der Waals surface area (Å²) in [4.78, 5) is 28.3. The van der Waals surface area contributed by atoms with Gasteiger partial charge in [0, 0.05) is 23.3 Å². The minimum Gasteiger partial charge on any atom is -0.497 e. The molecule has 0 spiro atoms. The minimum atomic E-state index is -0.399. The molecule has 0 radical (unpaired) electrons. The van der Waals surface area contributed by atoms with Gasteiger partial charge in [-0.15, -0.1) is 0 Å². The second kappa shape index (κ2) is 9.36. The van der Waals surface area contributed by atoms with Gasteiger partial charge in [0.05, 0.1) is 19.3 Å². The molecule has 3 rings (SSSR count). The Morgan fingerprint density at radius 1 is 0.931 bits per heavy atom. The molecule has 3 aromatic rings. The third-order valence-corrected chi connectivity index (χ3v) is 4.03. The predicted molar refractivity (Wildman–Crippen MR) is 111 cm³/mol. The minimum absolute atomic E-state index is 0.262. The highest BCUT2D eigenvalue weighted by molar-refractivity contribution is 6.03. The quantitative estimate of drug-likeness (QED) is 0.585. The van der Waals surface area contributed by atoms with Crippen molar-refractivity contribution in [2.45, 2.75) is 6.92 Å². The fourth-order valence-electron chi connectivity index (χ4n) is 2.57. The van der Waals surface area contributed by atoms with Crippen LogP contribution in [0.3, 0.4) is 0 Å². The number of esters is 1. The maximum Gasteiger partial charge on any atom is 0.338 e. The summed E-state index contributed by atoms with van der Waals surface area (Å²) >= 11 is 0. The smallest absolute Gasteiger partial charge is 0.338 e. The van der Waals surface area contributed by atoms with E-state index in [2.05, 4.69) is 15.6 Å². The molecule has 0 atom stereocenters. The lowest BCUT2D eigenvalue weighted by molar-refractivity contribution is 0.0526. The number of pyridine rings is 1. The van der Waals surface area contributed by atoms with E-state index in [1.165, 1.54) is 0 Å². The van der Waals surface area contributed by atoms with Crippen molar-refractivity contribution in [2.75, 3.05) is 24.4 Å². The molecule has 7 heteroatoms. The van der Waals surface area contributed by atoms with Gasteiger partial charge in [-0.25, -0.2) is 4.79 Å². The molecule has 7 nitrogen and oxygen atoms in total. The summed E-state index contributed by atoms with van der Waals surface area (Å²) in [5.74, 6) is 0.0101. The van der Waals surface area contributed by atoms with Crippen LogP contribution in [0.25, 0.3) is 0 Å². The monoisotopic (exact) mass is 391 g/mol. The lowest BCUT2D eigenvalue weighted by atomic mass is 10.2. The number of amides is 1. The molecule has 0 aliphatic carbocycles. The number of hydrogen-bond donors (Lipinski definition) is 2. The fraction of sp³-hybridized carbons (Fsp3) is 0.136. The number of carbonyl (C=O) groups excluding carboxylic acids is 2. The number of aromatic nitrogens is 1. The summed E-state index contributed by atoms with van der Waals surface area (Å²) in [5.41, 5.74) is 2.83. The van der Waals surface area contributed by atoms with Gasteiger partial charge >= 0.3 is 5.97 Å². The number of nitrogens with zero attached hydrogens (tertiary/aromatic N) is 1. The second-order valence-corrected chi connectivity index (χ2v) is 6.04. The summed E-state index contributed by atoms with van der Waals surface area (Å²) in [7, 11) is 1.61. The Kier molecular flexibility index (Phi) is 6.42. The van der Waals surface area contributed by atoms with E-state index in [-0.39, 0.29) is 11.6 Å². The molecule has 0 bridgehead atoms. The summed E-state index contributed by atoms with van der Waals surface area (Å²) in [5, 5.41) is 5.98. The van der Waals surface area contributed by atoms with Gasteiger partial charge in [-0.1, -0.05) is 0 Å². The van der Waals surface area contributed by atoms with Crippen LogP contribution in [0.15, 0.2) is 66.9 Å². The highest BCUT2D eigenvalue weighted by atomic mass is 16.5. The van der Waals surface area contributed by atoms with E-state index in [0.717, 1.165) is 17.1 Å². The van der Waals surface area contributed by atoms with Crippen molar-refractivity contribution in [3.8, 4) is 5.75 Å². The van der Waals surface area contributed by atoms with Crippen LogP contribution in [0.4, 0.5) is 17.1 Å². The van der Waals surface area contributed by atoms with Gasteiger partial charge in [0.2, 0.25) is 0 Å². The van der Waals surface area contributed by atoms with Crippen molar-refractivity contribution < 1.29 is 19.1 Å². The number of ether oxygens (including phenoxy) is 2.